The van der Waals surface area contributed by atoms with Crippen molar-refractivity contribution in [3.05, 3.63) is 64.5 Å². The molecule has 4 aromatic rings. The van der Waals surface area contributed by atoms with Crippen molar-refractivity contribution in [2.75, 3.05) is 0 Å². The second-order valence-corrected chi connectivity index (χ2v) is 7.35. The van der Waals surface area contributed by atoms with Gasteiger partial charge < -0.3 is 0 Å². The topological polar surface area (TPSA) is 12.9 Å². The highest BCUT2D eigenvalue weighted by Crippen LogP contribution is 2.42. The maximum atomic E-state index is 4.81. The van der Waals surface area contributed by atoms with E-state index in [9.17, 15) is 0 Å². The number of hydrogen-bond donors (Lipinski definition) is 0. The van der Waals surface area contributed by atoms with Crippen LogP contribution in [0.1, 0.15) is 0 Å². The highest BCUT2D eigenvalue weighted by atomic mass is 79.9. The molecule has 0 radical (unpaired) electrons. The summed E-state index contributed by atoms with van der Waals surface area (Å²) in [6, 6.07) is 18.8. The van der Waals surface area contributed by atoms with Crippen LogP contribution in [0.2, 0.25) is 0 Å². The third kappa shape index (κ3) is 2.33. The average Bonchev–Trinajstić information content (AvgIpc) is 3.14. The highest BCUT2D eigenvalue weighted by Gasteiger charge is 2.14. The van der Waals surface area contributed by atoms with Crippen LogP contribution in [0.5, 0.6) is 0 Å². The van der Waals surface area contributed by atoms with Crippen LogP contribution in [0.4, 0.5) is 0 Å². The number of benzene rings is 2. The fraction of sp³-hybridized carbons (Fsp3) is 0. The zero-order chi connectivity index (χ0) is 14.2. The first-order chi connectivity index (χ1) is 10.3. The Balaban J connectivity index is 1.83. The number of nitrogens with zero attached hydrogens (tertiary/aromatic N) is 1. The van der Waals surface area contributed by atoms with Gasteiger partial charge in [-0.1, -0.05) is 48.5 Å². The summed E-state index contributed by atoms with van der Waals surface area (Å²) in [5.74, 6) is 0. The molecule has 0 bridgehead atoms. The molecule has 0 N–H and O–H groups in total. The predicted octanol–water partition coefficient (Wildman–Crippen LogP) is 6.45. The van der Waals surface area contributed by atoms with Gasteiger partial charge in [-0.25, -0.2) is 4.98 Å². The fourth-order valence-electron chi connectivity index (χ4n) is 2.27. The van der Waals surface area contributed by atoms with E-state index < -0.39 is 0 Å². The van der Waals surface area contributed by atoms with Crippen LogP contribution in [0.25, 0.3) is 31.2 Å². The van der Waals surface area contributed by atoms with E-state index >= 15 is 0 Å². The number of aromatic nitrogens is 1. The Bertz CT molecular complexity index is 909. The Labute approximate surface area is 139 Å². The van der Waals surface area contributed by atoms with Gasteiger partial charge in [0, 0.05) is 25.5 Å². The zero-order valence-corrected chi connectivity index (χ0v) is 14.1. The lowest BCUT2D eigenvalue weighted by atomic mass is 10.2. The monoisotopic (exact) mass is 371 g/mol. The molecule has 0 aliphatic heterocycles. The van der Waals surface area contributed by atoms with Crippen LogP contribution in [-0.2, 0) is 0 Å². The maximum absolute atomic E-state index is 4.81. The van der Waals surface area contributed by atoms with Crippen molar-refractivity contribution in [2.45, 2.75) is 0 Å². The minimum Gasteiger partial charge on any atom is -0.235 e. The summed E-state index contributed by atoms with van der Waals surface area (Å²) in [6.45, 7) is 0. The van der Waals surface area contributed by atoms with Crippen LogP contribution in [0, 0.1) is 0 Å². The van der Waals surface area contributed by atoms with E-state index in [1.54, 1.807) is 22.7 Å². The van der Waals surface area contributed by atoms with E-state index in [2.05, 4.69) is 57.7 Å². The Morgan fingerprint density at radius 3 is 2.48 bits per heavy atom. The Kier molecular flexibility index (Phi) is 3.37. The molecule has 102 valence electrons. The summed E-state index contributed by atoms with van der Waals surface area (Å²) in [5, 5.41) is 4.46. The summed E-state index contributed by atoms with van der Waals surface area (Å²) in [5.41, 5.74) is 2.22. The quantitative estimate of drug-likeness (QED) is 0.394. The smallest absolute Gasteiger partial charge is 0.124 e. The molecule has 2 heterocycles. The van der Waals surface area contributed by atoms with Crippen LogP contribution in [0.15, 0.2) is 64.5 Å². The molecule has 0 fully saturated rings. The van der Waals surface area contributed by atoms with Crippen molar-refractivity contribution in [2.24, 2.45) is 0 Å². The van der Waals surface area contributed by atoms with Gasteiger partial charge in [0.2, 0.25) is 0 Å². The SMILES string of the molecule is Brc1c(-c2csc(-c3ccccc3)n2)sc2ccccc12. The van der Waals surface area contributed by atoms with Crippen molar-refractivity contribution >= 4 is 48.7 Å². The van der Waals surface area contributed by atoms with Gasteiger partial charge in [-0.3, -0.25) is 0 Å². The van der Waals surface area contributed by atoms with Gasteiger partial charge in [0.05, 0.1) is 10.6 Å². The van der Waals surface area contributed by atoms with E-state index in [1.165, 1.54) is 20.5 Å². The zero-order valence-electron chi connectivity index (χ0n) is 10.9. The Morgan fingerprint density at radius 1 is 0.905 bits per heavy atom. The lowest BCUT2D eigenvalue weighted by molar-refractivity contribution is 1.42. The van der Waals surface area contributed by atoms with Gasteiger partial charge in [0.15, 0.2) is 0 Å². The summed E-state index contributed by atoms with van der Waals surface area (Å²) in [4.78, 5) is 6.01. The first-order valence-corrected chi connectivity index (χ1v) is 9.00. The molecule has 0 saturated heterocycles. The molecule has 0 saturated carbocycles. The minimum absolute atomic E-state index is 1.05. The molecular formula is C17H10BrNS2. The third-order valence-electron chi connectivity index (χ3n) is 3.29. The van der Waals surface area contributed by atoms with Crippen molar-refractivity contribution < 1.29 is 0 Å². The molecule has 21 heavy (non-hydrogen) atoms. The summed E-state index contributed by atoms with van der Waals surface area (Å²) in [7, 11) is 0. The predicted molar refractivity (Wildman–Crippen MR) is 96.1 cm³/mol. The van der Waals surface area contributed by atoms with Gasteiger partial charge in [-0.05, 0) is 22.0 Å². The average molecular weight is 372 g/mol. The number of thiazole rings is 1. The lowest BCUT2D eigenvalue weighted by Gasteiger charge is -1.95. The van der Waals surface area contributed by atoms with E-state index in [0.717, 1.165) is 15.2 Å². The number of rotatable bonds is 2. The Hall–Kier alpha value is -1.49. The number of hydrogen-bond acceptors (Lipinski definition) is 3. The third-order valence-corrected chi connectivity index (χ3v) is 6.46. The first-order valence-electron chi connectivity index (χ1n) is 6.51. The second kappa shape index (κ2) is 5.37. The van der Waals surface area contributed by atoms with Gasteiger partial charge >= 0.3 is 0 Å². The molecule has 0 spiro atoms. The van der Waals surface area contributed by atoms with Gasteiger partial charge in [0.25, 0.3) is 0 Å². The van der Waals surface area contributed by atoms with Crippen molar-refractivity contribution in [3.63, 3.8) is 0 Å². The maximum Gasteiger partial charge on any atom is 0.124 e. The van der Waals surface area contributed by atoms with E-state index in [1.807, 2.05) is 18.2 Å². The van der Waals surface area contributed by atoms with Crippen LogP contribution in [-0.4, -0.2) is 4.98 Å². The van der Waals surface area contributed by atoms with E-state index in [0.29, 0.717) is 0 Å². The standard InChI is InChI=1S/C17H10BrNS2/c18-15-12-8-4-5-9-14(12)21-16(15)13-10-20-17(19-13)11-6-2-1-3-7-11/h1-10H. The largest absolute Gasteiger partial charge is 0.235 e. The molecule has 0 aliphatic rings. The fourth-order valence-corrected chi connectivity index (χ4v) is 5.14. The van der Waals surface area contributed by atoms with Gasteiger partial charge in [-0.2, -0.15) is 0 Å². The molecule has 0 unspecified atom stereocenters. The van der Waals surface area contributed by atoms with Crippen molar-refractivity contribution in [3.8, 4) is 21.1 Å². The van der Waals surface area contributed by atoms with Crippen LogP contribution >= 0.6 is 38.6 Å². The first kappa shape index (κ1) is 13.2. The molecular weight excluding hydrogens is 362 g/mol. The summed E-state index contributed by atoms with van der Waals surface area (Å²) >= 11 is 7.20. The normalized spacial score (nSPS) is 11.1. The van der Waals surface area contributed by atoms with Crippen LogP contribution < -0.4 is 0 Å². The summed E-state index contributed by atoms with van der Waals surface area (Å²) in [6.07, 6.45) is 0. The van der Waals surface area contributed by atoms with Crippen molar-refractivity contribution in [1.29, 1.82) is 0 Å². The molecule has 2 aromatic heterocycles. The number of fused-ring (bicyclic) bond motifs is 1. The minimum atomic E-state index is 1.05. The van der Waals surface area contributed by atoms with Crippen molar-refractivity contribution in [1.82, 2.24) is 4.98 Å². The van der Waals surface area contributed by atoms with E-state index in [4.69, 9.17) is 4.98 Å². The summed E-state index contributed by atoms with van der Waals surface area (Å²) < 4.78 is 2.43. The van der Waals surface area contributed by atoms with Crippen LogP contribution in [0.3, 0.4) is 0 Å². The lowest BCUT2D eigenvalue weighted by Crippen LogP contribution is -1.77. The molecule has 4 heteroatoms. The Morgan fingerprint density at radius 2 is 1.67 bits per heavy atom. The molecule has 2 aromatic carbocycles. The van der Waals surface area contributed by atoms with Gasteiger partial charge in [0.1, 0.15) is 5.01 Å². The molecule has 0 amide bonds. The highest BCUT2D eigenvalue weighted by molar-refractivity contribution is 9.10. The molecule has 0 aliphatic carbocycles. The molecule has 4 rings (SSSR count). The van der Waals surface area contributed by atoms with E-state index in [-0.39, 0.29) is 0 Å². The molecule has 0 atom stereocenters. The number of halogens is 1. The number of thiophene rings is 1. The second-order valence-electron chi connectivity index (χ2n) is 4.65. The van der Waals surface area contributed by atoms with Gasteiger partial charge in [-0.15, -0.1) is 22.7 Å². The molecule has 1 nitrogen and oxygen atoms in total.